The number of imidazole rings is 1. The minimum absolute atomic E-state index is 0.297. The van der Waals surface area contributed by atoms with Crippen molar-refractivity contribution in [3.05, 3.63) is 53.6 Å². The molecule has 2 heterocycles. The van der Waals surface area contributed by atoms with Gasteiger partial charge in [0.2, 0.25) is 0 Å². The van der Waals surface area contributed by atoms with Gasteiger partial charge in [-0.05, 0) is 30.9 Å². The predicted octanol–water partition coefficient (Wildman–Crippen LogP) is 4.74. The van der Waals surface area contributed by atoms with Gasteiger partial charge >= 0.3 is 0 Å². The molecule has 3 rings (SSSR count). The van der Waals surface area contributed by atoms with Crippen LogP contribution in [0, 0.1) is 0 Å². The van der Waals surface area contributed by atoms with E-state index in [-0.39, 0.29) is 0 Å². The van der Waals surface area contributed by atoms with Gasteiger partial charge in [0.05, 0.1) is 10.4 Å². The number of hydrogen-bond donors (Lipinski definition) is 0. The molecule has 0 saturated carbocycles. The molecule has 21 heavy (non-hydrogen) atoms. The largest absolute Gasteiger partial charge is 0.337 e. The molecule has 0 spiro atoms. The summed E-state index contributed by atoms with van der Waals surface area (Å²) in [5.74, 6) is 2.50. The fraction of sp³-hybridized carbons (Fsp3) is 0.438. The van der Waals surface area contributed by atoms with E-state index >= 15 is 0 Å². The Kier molecular flexibility index (Phi) is 5.19. The Morgan fingerprint density at radius 2 is 2.05 bits per heavy atom. The van der Waals surface area contributed by atoms with E-state index in [1.807, 2.05) is 30.9 Å². The molecule has 0 radical (unpaired) electrons. The number of rotatable bonds is 6. The monoisotopic (exact) mass is 338 g/mol. The maximum atomic E-state index is 6.35. The Morgan fingerprint density at radius 3 is 2.76 bits per heavy atom. The molecule has 1 aliphatic heterocycles. The molecular weight excluding hydrogens is 320 g/mol. The van der Waals surface area contributed by atoms with Crippen molar-refractivity contribution in [3.8, 4) is 0 Å². The normalized spacial score (nSPS) is 17.2. The van der Waals surface area contributed by atoms with Gasteiger partial charge in [-0.1, -0.05) is 29.8 Å². The SMILES string of the molecule is Clc1ccccc1CC1(CCCn2ccnc2)SCCS1. The van der Waals surface area contributed by atoms with Crippen LogP contribution in [0.3, 0.4) is 0 Å². The van der Waals surface area contributed by atoms with Crippen LogP contribution in [0.25, 0.3) is 0 Å². The minimum Gasteiger partial charge on any atom is -0.337 e. The summed E-state index contributed by atoms with van der Waals surface area (Å²) in [4.78, 5) is 4.10. The van der Waals surface area contributed by atoms with Gasteiger partial charge in [0.25, 0.3) is 0 Å². The zero-order valence-corrected chi connectivity index (χ0v) is 14.3. The van der Waals surface area contributed by atoms with Crippen molar-refractivity contribution in [2.24, 2.45) is 0 Å². The van der Waals surface area contributed by atoms with E-state index in [0.29, 0.717) is 4.08 Å². The first-order valence-corrected chi connectivity index (χ1v) is 9.59. The van der Waals surface area contributed by atoms with Crippen molar-refractivity contribution in [1.82, 2.24) is 9.55 Å². The van der Waals surface area contributed by atoms with Gasteiger partial charge in [0, 0.05) is 35.5 Å². The Labute approximate surface area is 139 Å². The molecule has 2 aromatic rings. The van der Waals surface area contributed by atoms with E-state index in [1.165, 1.54) is 29.9 Å². The van der Waals surface area contributed by atoms with Gasteiger partial charge in [-0.3, -0.25) is 0 Å². The molecule has 0 N–H and O–H groups in total. The van der Waals surface area contributed by atoms with Crippen LogP contribution in [0.15, 0.2) is 43.0 Å². The molecule has 112 valence electrons. The molecule has 1 aromatic heterocycles. The third-order valence-electron chi connectivity index (χ3n) is 3.76. The molecule has 5 heteroatoms. The van der Waals surface area contributed by atoms with E-state index in [1.54, 1.807) is 0 Å². The van der Waals surface area contributed by atoms with Gasteiger partial charge in [-0.15, -0.1) is 23.5 Å². The van der Waals surface area contributed by atoms with Crippen LogP contribution in [-0.4, -0.2) is 25.1 Å². The van der Waals surface area contributed by atoms with Crippen LogP contribution in [0.4, 0.5) is 0 Å². The van der Waals surface area contributed by atoms with Crippen molar-refractivity contribution in [1.29, 1.82) is 0 Å². The fourth-order valence-electron chi connectivity index (χ4n) is 2.71. The molecule has 0 unspecified atom stereocenters. The number of aromatic nitrogens is 2. The standard InChI is InChI=1S/C16H19ClN2S2/c17-15-5-2-1-4-14(15)12-16(20-10-11-21-16)6-3-8-19-9-7-18-13-19/h1-2,4-5,7,9,13H,3,6,8,10-12H2. The van der Waals surface area contributed by atoms with E-state index in [4.69, 9.17) is 11.6 Å². The van der Waals surface area contributed by atoms with Crippen molar-refractivity contribution in [3.63, 3.8) is 0 Å². The quantitative estimate of drug-likeness (QED) is 0.758. The zero-order chi connectivity index (χ0) is 14.5. The Hall–Kier alpha value is -0.580. The number of benzene rings is 1. The van der Waals surface area contributed by atoms with Gasteiger partial charge in [-0.2, -0.15) is 0 Å². The molecule has 1 aromatic carbocycles. The Balaban J connectivity index is 1.64. The lowest BCUT2D eigenvalue weighted by molar-refractivity contribution is 0.579. The molecular formula is C16H19ClN2S2. The first-order chi connectivity index (χ1) is 10.3. The number of thioether (sulfide) groups is 2. The second kappa shape index (κ2) is 7.12. The average molecular weight is 339 g/mol. The van der Waals surface area contributed by atoms with Crippen LogP contribution in [-0.2, 0) is 13.0 Å². The summed E-state index contributed by atoms with van der Waals surface area (Å²) in [5.41, 5.74) is 1.28. The maximum Gasteiger partial charge on any atom is 0.0945 e. The third-order valence-corrected chi connectivity index (χ3v) is 7.66. The second-order valence-electron chi connectivity index (χ2n) is 5.28. The van der Waals surface area contributed by atoms with Crippen LogP contribution >= 0.6 is 35.1 Å². The highest BCUT2D eigenvalue weighted by Crippen LogP contribution is 2.49. The molecule has 0 bridgehead atoms. The number of halogens is 1. The van der Waals surface area contributed by atoms with Gasteiger partial charge in [-0.25, -0.2) is 4.98 Å². The van der Waals surface area contributed by atoms with Crippen LogP contribution in [0.2, 0.25) is 5.02 Å². The summed E-state index contributed by atoms with van der Waals surface area (Å²) in [6.07, 6.45) is 9.24. The van der Waals surface area contributed by atoms with Crippen molar-refractivity contribution < 1.29 is 0 Å². The number of hydrogen-bond acceptors (Lipinski definition) is 3. The highest BCUT2D eigenvalue weighted by molar-refractivity contribution is 8.21. The molecule has 1 aliphatic rings. The van der Waals surface area contributed by atoms with E-state index in [2.05, 4.69) is 45.2 Å². The molecule has 1 fully saturated rings. The highest BCUT2D eigenvalue weighted by Gasteiger charge is 2.35. The Bertz CT molecular complexity index is 565. The topological polar surface area (TPSA) is 17.8 Å². The van der Waals surface area contributed by atoms with Crippen molar-refractivity contribution in [2.75, 3.05) is 11.5 Å². The molecule has 2 nitrogen and oxygen atoms in total. The predicted molar refractivity (Wildman–Crippen MR) is 94.3 cm³/mol. The maximum absolute atomic E-state index is 6.35. The fourth-order valence-corrected chi connectivity index (χ4v) is 6.25. The first kappa shape index (κ1) is 15.3. The van der Waals surface area contributed by atoms with E-state index in [0.717, 1.165) is 18.0 Å². The molecule has 0 atom stereocenters. The summed E-state index contributed by atoms with van der Waals surface area (Å²) in [6.45, 7) is 1.05. The van der Waals surface area contributed by atoms with Crippen LogP contribution < -0.4 is 0 Å². The van der Waals surface area contributed by atoms with E-state index in [9.17, 15) is 0 Å². The molecule has 1 saturated heterocycles. The smallest absolute Gasteiger partial charge is 0.0945 e. The lowest BCUT2D eigenvalue weighted by Crippen LogP contribution is -2.21. The van der Waals surface area contributed by atoms with Gasteiger partial charge in [0.1, 0.15) is 0 Å². The lowest BCUT2D eigenvalue weighted by Gasteiger charge is -2.28. The Morgan fingerprint density at radius 1 is 1.24 bits per heavy atom. The summed E-state index contributed by atoms with van der Waals surface area (Å²) >= 11 is 10.6. The second-order valence-corrected chi connectivity index (χ2v) is 8.90. The average Bonchev–Trinajstić information content (AvgIpc) is 3.14. The number of nitrogens with zero attached hydrogens (tertiary/aromatic N) is 2. The summed E-state index contributed by atoms with van der Waals surface area (Å²) in [5, 5.41) is 0.902. The van der Waals surface area contributed by atoms with Gasteiger partial charge in [0.15, 0.2) is 0 Å². The summed E-state index contributed by atoms with van der Waals surface area (Å²) in [7, 11) is 0. The van der Waals surface area contributed by atoms with Gasteiger partial charge < -0.3 is 4.57 Å². The van der Waals surface area contributed by atoms with Crippen molar-refractivity contribution in [2.45, 2.75) is 29.9 Å². The van der Waals surface area contributed by atoms with Crippen LogP contribution in [0.1, 0.15) is 18.4 Å². The third kappa shape index (κ3) is 3.99. The highest BCUT2D eigenvalue weighted by atomic mass is 35.5. The first-order valence-electron chi connectivity index (χ1n) is 7.24. The lowest BCUT2D eigenvalue weighted by atomic mass is 10.1. The molecule has 0 amide bonds. The molecule has 0 aliphatic carbocycles. The van der Waals surface area contributed by atoms with Crippen LogP contribution in [0.5, 0.6) is 0 Å². The number of aryl methyl sites for hydroxylation is 1. The summed E-state index contributed by atoms with van der Waals surface area (Å²) in [6, 6.07) is 8.26. The summed E-state index contributed by atoms with van der Waals surface area (Å²) < 4.78 is 2.46. The van der Waals surface area contributed by atoms with Crippen molar-refractivity contribution >= 4 is 35.1 Å². The van der Waals surface area contributed by atoms with E-state index < -0.39 is 0 Å². The minimum atomic E-state index is 0.297. The zero-order valence-electron chi connectivity index (χ0n) is 11.9.